The van der Waals surface area contributed by atoms with E-state index in [0.717, 1.165) is 5.75 Å². The van der Waals surface area contributed by atoms with Crippen molar-refractivity contribution in [2.45, 2.75) is 26.3 Å². The molecular formula is C10H21NO3S. The zero-order valence-corrected chi connectivity index (χ0v) is 10.4. The summed E-state index contributed by atoms with van der Waals surface area (Å²) in [5.41, 5.74) is -0.866. The lowest BCUT2D eigenvalue weighted by Crippen LogP contribution is -2.51. The van der Waals surface area contributed by atoms with E-state index >= 15 is 0 Å². The van der Waals surface area contributed by atoms with E-state index < -0.39 is 11.5 Å². The predicted octanol–water partition coefficient (Wildman–Crippen LogP) is 0.801. The minimum Gasteiger partial charge on any atom is -0.480 e. The van der Waals surface area contributed by atoms with Gasteiger partial charge in [-0.05, 0) is 25.1 Å². The summed E-state index contributed by atoms with van der Waals surface area (Å²) in [4.78, 5) is 11.0. The van der Waals surface area contributed by atoms with Gasteiger partial charge in [0.2, 0.25) is 0 Å². The van der Waals surface area contributed by atoms with Gasteiger partial charge in [-0.1, -0.05) is 13.8 Å². The minimum atomic E-state index is -0.866. The number of aliphatic hydroxyl groups is 1. The molecule has 0 aromatic rings. The lowest BCUT2D eigenvalue weighted by molar-refractivity contribution is -0.143. The molecule has 0 aliphatic rings. The fourth-order valence-corrected chi connectivity index (χ4v) is 2.35. The Kier molecular flexibility index (Phi) is 6.96. The molecule has 0 spiro atoms. The third-order valence-electron chi connectivity index (χ3n) is 2.14. The summed E-state index contributed by atoms with van der Waals surface area (Å²) in [6, 6.07) is 0. The monoisotopic (exact) mass is 235 g/mol. The van der Waals surface area contributed by atoms with Gasteiger partial charge in [0.1, 0.15) is 5.54 Å². The maximum Gasteiger partial charge on any atom is 0.324 e. The summed E-state index contributed by atoms with van der Waals surface area (Å²) in [6.07, 6.45) is 0. The highest BCUT2D eigenvalue weighted by atomic mass is 32.2. The minimum absolute atomic E-state index is 0.151. The highest BCUT2D eigenvalue weighted by molar-refractivity contribution is 7.99. The summed E-state index contributed by atoms with van der Waals surface area (Å²) < 4.78 is 0. The molecule has 0 bridgehead atoms. The molecule has 0 aromatic heterocycles. The number of aliphatic hydroxyl groups excluding tert-OH is 1. The zero-order valence-electron chi connectivity index (χ0n) is 9.62. The van der Waals surface area contributed by atoms with Crippen molar-refractivity contribution in [3.63, 3.8) is 0 Å². The number of carboxylic acid groups (broad SMARTS) is 1. The fourth-order valence-electron chi connectivity index (χ4n) is 1.10. The zero-order chi connectivity index (χ0) is 11.9. The Morgan fingerprint density at radius 3 is 2.60 bits per heavy atom. The van der Waals surface area contributed by atoms with Crippen molar-refractivity contribution in [2.75, 3.05) is 24.7 Å². The molecule has 0 heterocycles. The molecule has 0 aliphatic heterocycles. The van der Waals surface area contributed by atoms with Crippen LogP contribution in [0.4, 0.5) is 0 Å². The maximum atomic E-state index is 11.0. The van der Waals surface area contributed by atoms with Gasteiger partial charge in [-0.3, -0.25) is 4.79 Å². The average molecular weight is 235 g/mol. The summed E-state index contributed by atoms with van der Waals surface area (Å²) in [6.45, 7) is 6.31. The van der Waals surface area contributed by atoms with Crippen LogP contribution in [0.1, 0.15) is 20.8 Å². The molecule has 0 aliphatic carbocycles. The van der Waals surface area contributed by atoms with E-state index in [9.17, 15) is 4.79 Å². The second-order valence-electron chi connectivity index (χ2n) is 3.97. The number of carbonyl (C=O) groups is 1. The summed E-state index contributed by atoms with van der Waals surface area (Å²) in [5, 5.41) is 20.9. The standard InChI is InChI=1S/C10H21NO3S/c1-4-11-10(3,9(13)14)7-15-6-8(2)5-12/h8,11-12H,4-7H2,1-3H3,(H,13,14). The number of rotatable bonds is 8. The normalized spacial score (nSPS) is 17.1. The van der Waals surface area contributed by atoms with E-state index in [4.69, 9.17) is 10.2 Å². The maximum absolute atomic E-state index is 11.0. The molecule has 0 amide bonds. The van der Waals surface area contributed by atoms with Crippen LogP contribution < -0.4 is 5.32 Å². The molecule has 0 saturated heterocycles. The molecule has 4 nitrogen and oxygen atoms in total. The van der Waals surface area contributed by atoms with Crippen molar-refractivity contribution in [2.24, 2.45) is 5.92 Å². The average Bonchev–Trinajstić information content (AvgIpc) is 2.17. The van der Waals surface area contributed by atoms with E-state index in [1.165, 1.54) is 0 Å². The first kappa shape index (κ1) is 14.7. The van der Waals surface area contributed by atoms with Crippen LogP contribution in [0.2, 0.25) is 0 Å². The number of hydrogen-bond donors (Lipinski definition) is 3. The molecule has 0 saturated carbocycles. The van der Waals surface area contributed by atoms with Crippen molar-refractivity contribution < 1.29 is 15.0 Å². The van der Waals surface area contributed by atoms with E-state index in [0.29, 0.717) is 12.3 Å². The topological polar surface area (TPSA) is 69.6 Å². The Morgan fingerprint density at radius 1 is 1.60 bits per heavy atom. The van der Waals surface area contributed by atoms with Crippen molar-refractivity contribution >= 4 is 17.7 Å². The Labute approximate surface area is 95.4 Å². The highest BCUT2D eigenvalue weighted by Gasteiger charge is 2.31. The molecule has 0 radical (unpaired) electrons. The number of hydrogen-bond acceptors (Lipinski definition) is 4. The van der Waals surface area contributed by atoms with Crippen LogP contribution in [0, 0.1) is 5.92 Å². The first-order valence-electron chi connectivity index (χ1n) is 5.13. The Hall–Kier alpha value is -0.260. The summed E-state index contributed by atoms with van der Waals surface area (Å²) in [7, 11) is 0. The van der Waals surface area contributed by atoms with Crippen molar-refractivity contribution in [3.8, 4) is 0 Å². The second-order valence-corrected chi connectivity index (χ2v) is 5.00. The van der Waals surface area contributed by atoms with Crippen LogP contribution in [0.5, 0.6) is 0 Å². The Bertz CT molecular complexity index is 201. The lowest BCUT2D eigenvalue weighted by atomic mass is 10.1. The van der Waals surface area contributed by atoms with Crippen LogP contribution in [0.25, 0.3) is 0 Å². The smallest absolute Gasteiger partial charge is 0.324 e. The van der Waals surface area contributed by atoms with Crippen LogP contribution >= 0.6 is 11.8 Å². The first-order chi connectivity index (χ1) is 6.96. The third-order valence-corrected chi connectivity index (χ3v) is 3.73. The molecule has 5 heteroatoms. The van der Waals surface area contributed by atoms with Gasteiger partial charge in [-0.2, -0.15) is 11.8 Å². The summed E-state index contributed by atoms with van der Waals surface area (Å²) >= 11 is 1.56. The molecule has 2 atom stereocenters. The molecule has 15 heavy (non-hydrogen) atoms. The van der Waals surface area contributed by atoms with Gasteiger partial charge in [0.25, 0.3) is 0 Å². The van der Waals surface area contributed by atoms with Gasteiger partial charge in [0.15, 0.2) is 0 Å². The SMILES string of the molecule is CCNC(C)(CSCC(C)CO)C(=O)O. The predicted molar refractivity (Wildman–Crippen MR) is 63.3 cm³/mol. The van der Waals surface area contributed by atoms with Gasteiger partial charge in [-0.15, -0.1) is 0 Å². The van der Waals surface area contributed by atoms with Crippen LogP contribution in [0.15, 0.2) is 0 Å². The molecule has 2 unspecified atom stereocenters. The van der Waals surface area contributed by atoms with E-state index in [2.05, 4.69) is 5.32 Å². The number of likely N-dealkylation sites (N-methyl/N-ethyl adjacent to an activating group) is 1. The number of thioether (sulfide) groups is 1. The number of carboxylic acids is 1. The van der Waals surface area contributed by atoms with E-state index in [1.54, 1.807) is 18.7 Å². The Morgan fingerprint density at radius 2 is 2.20 bits per heavy atom. The van der Waals surface area contributed by atoms with E-state index in [-0.39, 0.29) is 12.5 Å². The molecule has 90 valence electrons. The molecule has 0 rings (SSSR count). The molecule has 3 N–H and O–H groups in total. The first-order valence-corrected chi connectivity index (χ1v) is 6.28. The van der Waals surface area contributed by atoms with Crippen LogP contribution in [-0.2, 0) is 4.79 Å². The lowest BCUT2D eigenvalue weighted by Gasteiger charge is -2.25. The van der Waals surface area contributed by atoms with Crippen molar-refractivity contribution in [1.82, 2.24) is 5.32 Å². The summed E-state index contributed by atoms with van der Waals surface area (Å²) in [5.74, 6) is 0.689. The van der Waals surface area contributed by atoms with Gasteiger partial charge < -0.3 is 15.5 Å². The van der Waals surface area contributed by atoms with Gasteiger partial charge >= 0.3 is 5.97 Å². The number of nitrogens with one attached hydrogen (secondary N) is 1. The second kappa shape index (κ2) is 7.09. The fraction of sp³-hybridized carbons (Fsp3) is 0.900. The van der Waals surface area contributed by atoms with E-state index in [1.807, 2.05) is 13.8 Å². The van der Waals surface area contributed by atoms with Gasteiger partial charge in [0, 0.05) is 12.4 Å². The molecule has 0 fully saturated rings. The quantitative estimate of drug-likeness (QED) is 0.580. The Balaban J connectivity index is 4.02. The number of aliphatic carboxylic acids is 1. The van der Waals surface area contributed by atoms with Crippen molar-refractivity contribution in [1.29, 1.82) is 0 Å². The van der Waals surface area contributed by atoms with Crippen LogP contribution in [0.3, 0.4) is 0 Å². The molecule has 0 aromatic carbocycles. The molecular weight excluding hydrogens is 214 g/mol. The third kappa shape index (κ3) is 5.39. The highest BCUT2D eigenvalue weighted by Crippen LogP contribution is 2.16. The van der Waals surface area contributed by atoms with Gasteiger partial charge in [-0.25, -0.2) is 0 Å². The van der Waals surface area contributed by atoms with Crippen LogP contribution in [-0.4, -0.2) is 46.4 Å². The largest absolute Gasteiger partial charge is 0.480 e. The van der Waals surface area contributed by atoms with Crippen molar-refractivity contribution in [3.05, 3.63) is 0 Å². The van der Waals surface area contributed by atoms with Gasteiger partial charge in [0.05, 0.1) is 0 Å².